The Morgan fingerprint density at radius 2 is 2.19 bits per heavy atom. The van der Waals surface area contributed by atoms with E-state index in [9.17, 15) is 13.5 Å². The third-order valence-electron chi connectivity index (χ3n) is 2.32. The van der Waals surface area contributed by atoms with Crippen molar-refractivity contribution < 1.29 is 13.5 Å². The maximum absolute atomic E-state index is 11.3. The van der Waals surface area contributed by atoms with E-state index < -0.39 is 15.9 Å². The lowest BCUT2D eigenvalue weighted by Crippen LogP contribution is -2.19. The lowest BCUT2D eigenvalue weighted by molar-refractivity contribution is 0.207. The Kier molecular flexibility index (Phi) is 3.09. The Bertz CT molecular complexity index is 472. The molecule has 3 N–H and O–H groups in total. The highest BCUT2D eigenvalue weighted by molar-refractivity contribution is 8.02. The Morgan fingerprint density at radius 1 is 1.44 bits per heavy atom. The van der Waals surface area contributed by atoms with Crippen molar-refractivity contribution in [3.05, 3.63) is 18.3 Å². The molecule has 2 unspecified atom stereocenters. The second-order valence-electron chi connectivity index (χ2n) is 3.72. The molecule has 2 atom stereocenters. The van der Waals surface area contributed by atoms with Crippen molar-refractivity contribution in [3.63, 3.8) is 0 Å². The summed E-state index contributed by atoms with van der Waals surface area (Å²) in [5, 5.41) is 9.29. The van der Waals surface area contributed by atoms with Gasteiger partial charge in [-0.2, -0.15) is 0 Å². The van der Waals surface area contributed by atoms with E-state index in [1.807, 2.05) is 0 Å². The first-order valence-electron chi connectivity index (χ1n) is 4.73. The van der Waals surface area contributed by atoms with Crippen molar-refractivity contribution in [2.45, 2.75) is 16.2 Å². The molecular weight excluding hydrogens is 248 g/mol. The van der Waals surface area contributed by atoms with Gasteiger partial charge in [-0.15, -0.1) is 11.8 Å². The van der Waals surface area contributed by atoms with E-state index in [0.29, 0.717) is 5.82 Å². The van der Waals surface area contributed by atoms with Gasteiger partial charge in [-0.25, -0.2) is 13.4 Å². The zero-order valence-electron chi connectivity index (χ0n) is 8.41. The van der Waals surface area contributed by atoms with Crippen LogP contribution in [-0.4, -0.2) is 41.4 Å². The molecule has 0 spiro atoms. The van der Waals surface area contributed by atoms with Gasteiger partial charge in [-0.3, -0.25) is 0 Å². The number of aliphatic hydroxyl groups excluding tert-OH is 1. The zero-order chi connectivity index (χ0) is 11.8. The number of rotatable bonds is 2. The Morgan fingerprint density at radius 3 is 2.69 bits per heavy atom. The van der Waals surface area contributed by atoms with Crippen LogP contribution in [0.3, 0.4) is 0 Å². The number of nitrogens with two attached hydrogens (primary N) is 1. The predicted molar refractivity (Wildman–Crippen MR) is 63.0 cm³/mol. The summed E-state index contributed by atoms with van der Waals surface area (Å²) in [5.41, 5.74) is 5.44. The third-order valence-corrected chi connectivity index (χ3v) is 5.54. The first-order valence-corrected chi connectivity index (χ1v) is 7.43. The van der Waals surface area contributed by atoms with Crippen LogP contribution in [0, 0.1) is 0 Å². The highest BCUT2D eigenvalue weighted by Crippen LogP contribution is 2.30. The first kappa shape index (κ1) is 11.7. The predicted octanol–water partition coefficient (Wildman–Crippen LogP) is -0.0862. The normalized spacial score (nSPS) is 28.1. The minimum absolute atomic E-state index is 0.0171. The quantitative estimate of drug-likeness (QED) is 0.772. The largest absolute Gasteiger partial charge is 0.391 e. The lowest BCUT2D eigenvalue weighted by atomic mass is 10.3. The molecule has 1 aliphatic heterocycles. The number of thioether (sulfide) groups is 1. The van der Waals surface area contributed by atoms with Crippen molar-refractivity contribution in [3.8, 4) is 0 Å². The van der Waals surface area contributed by atoms with Gasteiger partial charge in [0.15, 0.2) is 9.84 Å². The van der Waals surface area contributed by atoms with E-state index in [2.05, 4.69) is 4.98 Å². The number of hydrogen-bond acceptors (Lipinski definition) is 6. The summed E-state index contributed by atoms with van der Waals surface area (Å²) in [6, 6.07) is 3.42. The second kappa shape index (κ2) is 4.23. The van der Waals surface area contributed by atoms with E-state index in [0.717, 1.165) is 4.90 Å². The summed E-state index contributed by atoms with van der Waals surface area (Å²) in [7, 11) is -3.09. The molecule has 0 bridgehead atoms. The van der Waals surface area contributed by atoms with Crippen molar-refractivity contribution >= 4 is 27.4 Å². The Labute approximate surface area is 98.0 Å². The van der Waals surface area contributed by atoms with Crippen LogP contribution in [0.2, 0.25) is 0 Å². The van der Waals surface area contributed by atoms with Gasteiger partial charge < -0.3 is 10.8 Å². The zero-order valence-corrected chi connectivity index (χ0v) is 10.0. The molecule has 16 heavy (non-hydrogen) atoms. The number of hydrogen-bond donors (Lipinski definition) is 2. The maximum Gasteiger partial charge on any atom is 0.154 e. The molecule has 0 aliphatic carbocycles. The molecule has 1 aliphatic rings. The van der Waals surface area contributed by atoms with Gasteiger partial charge in [0.25, 0.3) is 0 Å². The summed E-state index contributed by atoms with van der Waals surface area (Å²) in [4.78, 5) is 4.72. The molecule has 0 radical (unpaired) electrons. The van der Waals surface area contributed by atoms with Crippen molar-refractivity contribution in [2.75, 3.05) is 17.2 Å². The smallest absolute Gasteiger partial charge is 0.154 e. The maximum atomic E-state index is 11.3. The van der Waals surface area contributed by atoms with E-state index in [1.165, 1.54) is 11.8 Å². The molecule has 5 nitrogen and oxygen atoms in total. The van der Waals surface area contributed by atoms with Gasteiger partial charge in [-0.05, 0) is 12.1 Å². The van der Waals surface area contributed by atoms with Crippen LogP contribution in [0.25, 0.3) is 0 Å². The van der Waals surface area contributed by atoms with Crippen LogP contribution >= 0.6 is 11.8 Å². The average molecular weight is 260 g/mol. The van der Waals surface area contributed by atoms with Gasteiger partial charge in [0.05, 0.1) is 22.9 Å². The number of aliphatic hydroxyl groups is 1. The number of sulfone groups is 1. The molecule has 0 saturated carbocycles. The fraction of sp³-hybridized carbons (Fsp3) is 0.444. The van der Waals surface area contributed by atoms with E-state index >= 15 is 0 Å². The summed E-state index contributed by atoms with van der Waals surface area (Å²) in [5.74, 6) is 0.292. The van der Waals surface area contributed by atoms with Crippen LogP contribution in [0.15, 0.2) is 23.2 Å². The monoisotopic (exact) mass is 260 g/mol. The van der Waals surface area contributed by atoms with Crippen molar-refractivity contribution in [2.24, 2.45) is 0 Å². The number of anilines is 1. The molecule has 1 aromatic rings. The minimum Gasteiger partial charge on any atom is -0.391 e. The molecule has 0 amide bonds. The van der Waals surface area contributed by atoms with Crippen LogP contribution in [0.1, 0.15) is 0 Å². The summed E-state index contributed by atoms with van der Waals surface area (Å²) in [6.45, 7) is 0. The van der Waals surface area contributed by atoms with Crippen LogP contribution in [-0.2, 0) is 9.84 Å². The molecule has 88 valence electrons. The fourth-order valence-electron chi connectivity index (χ4n) is 1.55. The third kappa shape index (κ3) is 2.66. The molecule has 7 heteroatoms. The Hall–Kier alpha value is -0.790. The minimum atomic E-state index is -3.09. The van der Waals surface area contributed by atoms with E-state index in [-0.39, 0.29) is 16.8 Å². The number of aromatic nitrogens is 1. The molecule has 1 fully saturated rings. The fourth-order valence-corrected chi connectivity index (χ4v) is 5.04. The topological polar surface area (TPSA) is 93.3 Å². The van der Waals surface area contributed by atoms with Gasteiger partial charge in [0.1, 0.15) is 5.82 Å². The van der Waals surface area contributed by atoms with Crippen LogP contribution in [0.5, 0.6) is 0 Å². The molecule has 0 aromatic carbocycles. The van der Waals surface area contributed by atoms with E-state index in [1.54, 1.807) is 18.3 Å². The molecule has 1 aromatic heterocycles. The van der Waals surface area contributed by atoms with Gasteiger partial charge >= 0.3 is 0 Å². The standard InChI is InChI=1S/C9H12N2O3S2/c10-9-2-1-6(3-11-9)15-8-5-16(13,14)4-7(8)12/h1-3,7-8,12H,4-5H2,(H2,10,11). The van der Waals surface area contributed by atoms with Crippen molar-refractivity contribution in [1.29, 1.82) is 0 Å². The average Bonchev–Trinajstić information content (AvgIpc) is 2.44. The van der Waals surface area contributed by atoms with Gasteiger partial charge in [0, 0.05) is 11.1 Å². The highest BCUT2D eigenvalue weighted by atomic mass is 32.2. The summed E-state index contributed by atoms with van der Waals surface area (Å²) in [6.07, 6.45) is 0.782. The highest BCUT2D eigenvalue weighted by Gasteiger charge is 2.36. The molecule has 2 rings (SSSR count). The van der Waals surface area contributed by atoms with E-state index in [4.69, 9.17) is 5.73 Å². The van der Waals surface area contributed by atoms with Crippen LogP contribution in [0.4, 0.5) is 5.82 Å². The second-order valence-corrected chi connectivity index (χ2v) is 7.19. The summed E-state index contributed by atoms with van der Waals surface area (Å²) >= 11 is 1.32. The first-order chi connectivity index (χ1) is 7.46. The molecule has 2 heterocycles. The number of nitrogen functional groups attached to an aromatic ring is 1. The molecule has 1 saturated heterocycles. The lowest BCUT2D eigenvalue weighted by Gasteiger charge is -2.11. The number of nitrogens with zero attached hydrogens (tertiary/aromatic N) is 1. The summed E-state index contributed by atoms with van der Waals surface area (Å²) < 4.78 is 22.6. The Balaban J connectivity index is 2.08. The van der Waals surface area contributed by atoms with Gasteiger partial charge in [0.2, 0.25) is 0 Å². The molecular formula is C9H12N2O3S2. The van der Waals surface area contributed by atoms with Crippen molar-refractivity contribution in [1.82, 2.24) is 4.98 Å². The SMILES string of the molecule is Nc1ccc(SC2CS(=O)(=O)CC2O)cn1. The van der Waals surface area contributed by atoms with Gasteiger partial charge in [-0.1, -0.05) is 0 Å². The van der Waals surface area contributed by atoms with Crippen LogP contribution < -0.4 is 5.73 Å². The number of pyridine rings is 1.